The first-order valence-electron chi connectivity index (χ1n) is 10.7. The van der Waals surface area contributed by atoms with Gasteiger partial charge in [0.05, 0.1) is 5.56 Å². The molecule has 8 nitrogen and oxygen atoms in total. The molecule has 1 saturated carbocycles. The van der Waals surface area contributed by atoms with Crippen LogP contribution in [-0.2, 0) is 0 Å². The Hall–Kier alpha value is -4.04. The highest BCUT2D eigenvalue weighted by Crippen LogP contribution is 2.61. The van der Waals surface area contributed by atoms with Crippen LogP contribution in [0.5, 0.6) is 0 Å². The van der Waals surface area contributed by atoms with Gasteiger partial charge < -0.3 is 11.5 Å². The quantitative estimate of drug-likeness (QED) is 0.463. The molecule has 0 spiro atoms. The molecule has 156 valence electrons. The van der Waals surface area contributed by atoms with Gasteiger partial charge >= 0.3 is 0 Å². The van der Waals surface area contributed by atoms with Crippen molar-refractivity contribution in [1.29, 1.82) is 0 Å². The molecule has 0 saturated heterocycles. The van der Waals surface area contributed by atoms with Crippen LogP contribution in [0.25, 0.3) is 34.1 Å². The van der Waals surface area contributed by atoms with Crippen molar-refractivity contribution in [2.45, 2.75) is 18.4 Å². The fourth-order valence-electron chi connectivity index (χ4n) is 5.04. The predicted octanol–water partition coefficient (Wildman–Crippen LogP) is 3.37. The summed E-state index contributed by atoms with van der Waals surface area (Å²) in [7, 11) is 0. The lowest BCUT2D eigenvalue weighted by Crippen LogP contribution is -2.10. The molecule has 2 aliphatic carbocycles. The standard InChI is InChI=1S/C24H20N8/c25-21-14-5-4-13(11-16(14)17-12-18(17)21)32-23(15-3-1-8-27-22(15)26)29-19-6-7-20(30-24(19)32)31-10-2-9-28-31/h1-11,17-18,21H,12,25H2,(H2,26,27). The van der Waals surface area contributed by atoms with Crippen molar-refractivity contribution in [3.8, 4) is 22.9 Å². The zero-order valence-electron chi connectivity index (χ0n) is 17.1. The highest BCUT2D eigenvalue weighted by molar-refractivity contribution is 5.83. The molecule has 0 aliphatic heterocycles. The van der Waals surface area contributed by atoms with Crippen molar-refractivity contribution < 1.29 is 0 Å². The number of benzene rings is 1. The van der Waals surface area contributed by atoms with Gasteiger partial charge in [-0.25, -0.2) is 19.6 Å². The molecular formula is C24H20N8. The third-order valence-corrected chi connectivity index (χ3v) is 6.70. The molecule has 5 aromatic rings. The molecule has 8 heteroatoms. The molecule has 32 heavy (non-hydrogen) atoms. The smallest absolute Gasteiger partial charge is 0.167 e. The Kier molecular flexibility index (Phi) is 3.44. The topological polar surface area (TPSA) is 113 Å². The van der Waals surface area contributed by atoms with E-state index in [1.54, 1.807) is 17.1 Å². The van der Waals surface area contributed by atoms with Crippen LogP contribution in [0.15, 0.2) is 67.1 Å². The van der Waals surface area contributed by atoms with Crippen molar-refractivity contribution in [1.82, 2.24) is 29.3 Å². The van der Waals surface area contributed by atoms with Crippen LogP contribution in [0.1, 0.15) is 29.5 Å². The maximum absolute atomic E-state index is 6.44. The van der Waals surface area contributed by atoms with E-state index < -0.39 is 0 Å². The number of anilines is 1. The minimum Gasteiger partial charge on any atom is -0.383 e. The van der Waals surface area contributed by atoms with Crippen LogP contribution in [0.3, 0.4) is 0 Å². The number of rotatable bonds is 3. The molecule has 0 bridgehead atoms. The molecule has 1 fully saturated rings. The first-order valence-corrected chi connectivity index (χ1v) is 10.7. The van der Waals surface area contributed by atoms with Crippen LogP contribution in [0.2, 0.25) is 0 Å². The lowest BCUT2D eigenvalue weighted by Gasteiger charge is -2.14. The molecule has 4 N–H and O–H groups in total. The summed E-state index contributed by atoms with van der Waals surface area (Å²) in [6.45, 7) is 0. The maximum atomic E-state index is 6.44. The molecule has 3 atom stereocenters. The number of pyridine rings is 2. The van der Waals surface area contributed by atoms with Crippen LogP contribution < -0.4 is 11.5 Å². The van der Waals surface area contributed by atoms with Crippen molar-refractivity contribution in [3.05, 3.63) is 78.2 Å². The van der Waals surface area contributed by atoms with E-state index in [-0.39, 0.29) is 6.04 Å². The molecular weight excluding hydrogens is 400 g/mol. The minimum atomic E-state index is 0.140. The van der Waals surface area contributed by atoms with E-state index in [0.29, 0.717) is 23.5 Å². The van der Waals surface area contributed by atoms with Crippen LogP contribution in [0, 0.1) is 5.92 Å². The first-order chi connectivity index (χ1) is 15.7. The number of fused-ring (bicyclic) bond motifs is 4. The molecule has 7 rings (SSSR count). The number of nitrogens with two attached hydrogens (primary N) is 2. The number of hydrogen-bond donors (Lipinski definition) is 2. The number of nitrogen functional groups attached to an aromatic ring is 1. The highest BCUT2D eigenvalue weighted by Gasteiger charge is 2.50. The van der Waals surface area contributed by atoms with Crippen molar-refractivity contribution >= 4 is 17.0 Å². The van der Waals surface area contributed by atoms with Gasteiger partial charge in [0.1, 0.15) is 11.3 Å². The Labute approximate surface area is 183 Å². The van der Waals surface area contributed by atoms with E-state index in [2.05, 4.69) is 32.8 Å². The molecule has 0 radical (unpaired) electrons. The summed E-state index contributed by atoms with van der Waals surface area (Å²) in [5.74, 6) is 3.01. The summed E-state index contributed by atoms with van der Waals surface area (Å²) in [4.78, 5) is 14.1. The summed E-state index contributed by atoms with van der Waals surface area (Å²) < 4.78 is 3.81. The van der Waals surface area contributed by atoms with E-state index in [1.165, 1.54) is 17.5 Å². The summed E-state index contributed by atoms with van der Waals surface area (Å²) in [5, 5.41) is 4.33. The van der Waals surface area contributed by atoms with Gasteiger partial charge in [-0.05, 0) is 71.8 Å². The number of nitrogens with zero attached hydrogens (tertiary/aromatic N) is 6. The van der Waals surface area contributed by atoms with Crippen LogP contribution >= 0.6 is 0 Å². The van der Waals surface area contributed by atoms with E-state index in [9.17, 15) is 0 Å². The fourth-order valence-corrected chi connectivity index (χ4v) is 5.04. The second-order valence-electron chi connectivity index (χ2n) is 8.51. The van der Waals surface area contributed by atoms with Gasteiger partial charge in [0.25, 0.3) is 0 Å². The Bertz CT molecular complexity index is 1500. The van der Waals surface area contributed by atoms with E-state index in [4.69, 9.17) is 21.4 Å². The lowest BCUT2D eigenvalue weighted by atomic mass is 10.0. The van der Waals surface area contributed by atoms with Gasteiger partial charge in [0, 0.05) is 30.3 Å². The molecule has 4 heterocycles. The van der Waals surface area contributed by atoms with Gasteiger partial charge in [0.2, 0.25) is 0 Å². The number of imidazole rings is 1. The molecule has 0 amide bonds. The average molecular weight is 420 g/mol. The number of aromatic nitrogens is 6. The third kappa shape index (κ3) is 2.41. The van der Waals surface area contributed by atoms with Gasteiger partial charge in [-0.1, -0.05) is 6.07 Å². The van der Waals surface area contributed by atoms with E-state index in [1.807, 2.05) is 36.5 Å². The summed E-state index contributed by atoms with van der Waals surface area (Å²) in [5.41, 5.74) is 18.6. The predicted molar refractivity (Wildman–Crippen MR) is 121 cm³/mol. The van der Waals surface area contributed by atoms with Gasteiger partial charge in [-0.3, -0.25) is 4.57 Å². The van der Waals surface area contributed by atoms with Crippen LogP contribution in [0.4, 0.5) is 5.82 Å². The second kappa shape index (κ2) is 6.24. The van der Waals surface area contributed by atoms with Crippen molar-refractivity contribution in [2.75, 3.05) is 5.73 Å². The molecule has 1 aromatic carbocycles. The maximum Gasteiger partial charge on any atom is 0.167 e. The zero-order chi connectivity index (χ0) is 21.4. The highest BCUT2D eigenvalue weighted by atomic mass is 15.3. The SMILES string of the molecule is Nc1ncccc1-c1nc2ccc(-n3cccn3)nc2n1-c1ccc2c(c1)C1CC1C2N. The van der Waals surface area contributed by atoms with Gasteiger partial charge in [-0.2, -0.15) is 5.10 Å². The first kappa shape index (κ1) is 17.6. The van der Waals surface area contributed by atoms with Crippen LogP contribution in [-0.4, -0.2) is 29.3 Å². The molecule has 3 unspecified atom stereocenters. The molecule has 4 aromatic heterocycles. The third-order valence-electron chi connectivity index (χ3n) is 6.70. The van der Waals surface area contributed by atoms with Crippen molar-refractivity contribution in [2.24, 2.45) is 11.7 Å². The normalized spacial score (nSPS) is 21.0. The average Bonchev–Trinajstić information content (AvgIpc) is 3.14. The Morgan fingerprint density at radius 1 is 0.969 bits per heavy atom. The van der Waals surface area contributed by atoms with Gasteiger partial charge in [-0.15, -0.1) is 0 Å². The summed E-state index contributed by atoms with van der Waals surface area (Å²) >= 11 is 0. The second-order valence-corrected chi connectivity index (χ2v) is 8.51. The summed E-state index contributed by atoms with van der Waals surface area (Å²) in [6, 6.07) is 16.2. The molecule has 2 aliphatic rings. The Morgan fingerprint density at radius 2 is 1.91 bits per heavy atom. The summed E-state index contributed by atoms with van der Waals surface area (Å²) in [6.07, 6.45) is 6.47. The Balaban J connectivity index is 1.51. The minimum absolute atomic E-state index is 0.140. The Morgan fingerprint density at radius 3 is 2.75 bits per heavy atom. The largest absolute Gasteiger partial charge is 0.383 e. The zero-order valence-corrected chi connectivity index (χ0v) is 17.1. The fraction of sp³-hybridized carbons (Fsp3) is 0.167. The lowest BCUT2D eigenvalue weighted by molar-refractivity contribution is 0.654. The number of hydrogen-bond acceptors (Lipinski definition) is 6. The van der Waals surface area contributed by atoms with E-state index >= 15 is 0 Å². The van der Waals surface area contributed by atoms with Gasteiger partial charge in [0.15, 0.2) is 17.3 Å². The monoisotopic (exact) mass is 420 g/mol. The van der Waals surface area contributed by atoms with Crippen molar-refractivity contribution in [3.63, 3.8) is 0 Å². The van der Waals surface area contributed by atoms with E-state index in [0.717, 1.165) is 28.2 Å².